The van der Waals surface area contributed by atoms with E-state index in [9.17, 15) is 9.59 Å². The minimum atomic E-state index is -1.17. The number of aliphatic carboxylic acids is 1. The van der Waals surface area contributed by atoms with Gasteiger partial charge in [-0.25, -0.2) is 9.59 Å². The van der Waals surface area contributed by atoms with Crippen molar-refractivity contribution in [2.24, 2.45) is 0 Å². The van der Waals surface area contributed by atoms with Crippen molar-refractivity contribution in [3.05, 3.63) is 34.3 Å². The van der Waals surface area contributed by atoms with Crippen molar-refractivity contribution in [1.82, 2.24) is 10.6 Å². The van der Waals surface area contributed by atoms with Gasteiger partial charge in [0.05, 0.1) is 0 Å². The maximum atomic E-state index is 11.5. The van der Waals surface area contributed by atoms with Crippen molar-refractivity contribution in [2.75, 3.05) is 6.61 Å². The van der Waals surface area contributed by atoms with Gasteiger partial charge in [0, 0.05) is 24.0 Å². The molecule has 1 rings (SSSR count). The number of hydrogen-bond acceptors (Lipinski definition) is 3. The van der Waals surface area contributed by atoms with E-state index >= 15 is 0 Å². The van der Waals surface area contributed by atoms with E-state index in [1.807, 2.05) is 24.3 Å². The smallest absolute Gasteiger partial charge is 0.326 e. The Labute approximate surface area is 118 Å². The fourth-order valence-electron chi connectivity index (χ4n) is 1.43. The molecule has 1 atom stereocenters. The summed E-state index contributed by atoms with van der Waals surface area (Å²) in [6.45, 7) is -0.0143. The quantitative estimate of drug-likeness (QED) is 0.627. The third-order valence-corrected chi connectivity index (χ3v) is 2.86. The highest BCUT2D eigenvalue weighted by Gasteiger charge is 2.18. The first kappa shape index (κ1) is 15.5. The van der Waals surface area contributed by atoms with Crippen molar-refractivity contribution < 1.29 is 19.8 Å². The number of hydrogen-bond donors (Lipinski definition) is 4. The number of aliphatic hydroxyl groups excluding tert-OH is 1. The van der Waals surface area contributed by atoms with E-state index in [1.165, 1.54) is 0 Å². The van der Waals surface area contributed by atoms with Crippen LogP contribution in [-0.2, 0) is 11.3 Å². The van der Waals surface area contributed by atoms with Crippen molar-refractivity contribution in [3.63, 3.8) is 0 Å². The zero-order chi connectivity index (χ0) is 14.3. The molecule has 7 heteroatoms. The molecule has 0 aromatic heterocycles. The van der Waals surface area contributed by atoms with E-state index in [4.69, 9.17) is 10.2 Å². The number of carboxylic acid groups (broad SMARTS) is 1. The maximum Gasteiger partial charge on any atom is 0.326 e. The number of urea groups is 1. The van der Waals surface area contributed by atoms with Crippen molar-refractivity contribution >= 4 is 27.9 Å². The standard InChI is InChI=1S/C12H15BrN2O4/c13-9-3-1-2-8(6-9)7-14-12(19)15-10(4-5-16)11(17)18/h1-3,6,10,16H,4-5,7H2,(H,17,18)(H2,14,15,19)/t10-/m0/s1. The molecule has 19 heavy (non-hydrogen) atoms. The molecule has 0 unspecified atom stereocenters. The number of amides is 2. The highest BCUT2D eigenvalue weighted by Crippen LogP contribution is 2.11. The monoisotopic (exact) mass is 330 g/mol. The molecule has 0 aliphatic rings. The summed E-state index contributed by atoms with van der Waals surface area (Å²) in [5.74, 6) is -1.17. The Hall–Kier alpha value is -1.60. The number of carbonyl (C=O) groups excluding carboxylic acids is 1. The zero-order valence-electron chi connectivity index (χ0n) is 10.1. The number of carboxylic acids is 1. The lowest BCUT2D eigenvalue weighted by Crippen LogP contribution is -2.46. The normalized spacial score (nSPS) is 11.7. The van der Waals surface area contributed by atoms with Gasteiger partial charge in [-0.3, -0.25) is 0 Å². The Bertz CT molecular complexity index is 453. The molecular weight excluding hydrogens is 316 g/mol. The van der Waals surface area contributed by atoms with Gasteiger partial charge in [0.2, 0.25) is 0 Å². The third kappa shape index (κ3) is 5.71. The highest BCUT2D eigenvalue weighted by molar-refractivity contribution is 9.10. The second-order valence-corrected chi connectivity index (χ2v) is 4.78. The lowest BCUT2D eigenvalue weighted by atomic mass is 10.2. The van der Waals surface area contributed by atoms with Gasteiger partial charge < -0.3 is 20.8 Å². The summed E-state index contributed by atoms with van der Waals surface area (Å²) < 4.78 is 0.899. The van der Waals surface area contributed by atoms with Crippen LogP contribution in [0.15, 0.2) is 28.7 Å². The summed E-state index contributed by atoms with van der Waals surface area (Å²) >= 11 is 3.32. The summed E-state index contributed by atoms with van der Waals surface area (Å²) in [6.07, 6.45) is -0.0281. The Kier molecular flexibility index (Phi) is 6.31. The van der Waals surface area contributed by atoms with Gasteiger partial charge in [-0.15, -0.1) is 0 Å². The molecule has 0 aliphatic carbocycles. The molecule has 2 amide bonds. The topological polar surface area (TPSA) is 98.7 Å². The molecular formula is C12H15BrN2O4. The van der Waals surface area contributed by atoms with Crippen LogP contribution < -0.4 is 10.6 Å². The van der Waals surface area contributed by atoms with Crippen LogP contribution in [0.5, 0.6) is 0 Å². The molecule has 0 bridgehead atoms. The van der Waals surface area contributed by atoms with Gasteiger partial charge in [-0.2, -0.15) is 0 Å². The molecule has 0 saturated carbocycles. The Morgan fingerprint density at radius 1 is 1.37 bits per heavy atom. The molecule has 4 N–H and O–H groups in total. The molecule has 0 spiro atoms. The largest absolute Gasteiger partial charge is 0.480 e. The first-order valence-electron chi connectivity index (χ1n) is 5.65. The fraction of sp³-hybridized carbons (Fsp3) is 0.333. The number of halogens is 1. The van der Waals surface area contributed by atoms with Gasteiger partial charge in [-0.1, -0.05) is 28.1 Å². The Balaban J connectivity index is 2.44. The van der Waals surface area contributed by atoms with E-state index in [0.29, 0.717) is 0 Å². The van der Waals surface area contributed by atoms with Crippen LogP contribution in [0.2, 0.25) is 0 Å². The molecule has 0 heterocycles. The SMILES string of the molecule is O=C(NCc1cccc(Br)c1)N[C@@H](CCO)C(=O)O. The van der Waals surface area contributed by atoms with Crippen LogP contribution in [0.4, 0.5) is 4.79 Å². The molecule has 0 saturated heterocycles. The average molecular weight is 331 g/mol. The molecule has 104 valence electrons. The Morgan fingerprint density at radius 3 is 2.68 bits per heavy atom. The summed E-state index contributed by atoms with van der Waals surface area (Å²) in [5, 5.41) is 22.3. The third-order valence-electron chi connectivity index (χ3n) is 2.36. The molecule has 1 aromatic rings. The second kappa shape index (κ2) is 7.75. The van der Waals surface area contributed by atoms with Crippen LogP contribution in [0.3, 0.4) is 0 Å². The predicted molar refractivity (Wildman–Crippen MR) is 72.6 cm³/mol. The lowest BCUT2D eigenvalue weighted by Gasteiger charge is -2.14. The van der Waals surface area contributed by atoms with Crippen LogP contribution in [0.1, 0.15) is 12.0 Å². The zero-order valence-corrected chi connectivity index (χ0v) is 11.7. The van der Waals surface area contributed by atoms with Crippen molar-refractivity contribution in [1.29, 1.82) is 0 Å². The number of rotatable bonds is 6. The van der Waals surface area contributed by atoms with Crippen LogP contribution in [-0.4, -0.2) is 34.9 Å². The molecule has 0 fully saturated rings. The summed E-state index contributed by atoms with van der Waals surface area (Å²) in [4.78, 5) is 22.3. The first-order valence-corrected chi connectivity index (χ1v) is 6.44. The van der Waals surface area contributed by atoms with Crippen LogP contribution >= 0.6 is 15.9 Å². The molecule has 0 aliphatic heterocycles. The average Bonchev–Trinajstić information content (AvgIpc) is 2.36. The minimum Gasteiger partial charge on any atom is -0.480 e. The van der Waals surface area contributed by atoms with Gasteiger partial charge in [0.15, 0.2) is 0 Å². The number of nitrogens with one attached hydrogen (secondary N) is 2. The number of carbonyl (C=O) groups is 2. The Morgan fingerprint density at radius 2 is 2.11 bits per heavy atom. The number of aliphatic hydroxyl groups is 1. The van der Waals surface area contributed by atoms with Gasteiger partial charge in [0.25, 0.3) is 0 Å². The molecule has 6 nitrogen and oxygen atoms in total. The van der Waals surface area contributed by atoms with Crippen LogP contribution in [0.25, 0.3) is 0 Å². The van der Waals surface area contributed by atoms with Crippen LogP contribution in [0, 0.1) is 0 Å². The first-order chi connectivity index (χ1) is 9.02. The molecule has 0 radical (unpaired) electrons. The maximum absolute atomic E-state index is 11.5. The van der Waals surface area contributed by atoms with Gasteiger partial charge in [0.1, 0.15) is 6.04 Å². The highest BCUT2D eigenvalue weighted by atomic mass is 79.9. The van der Waals surface area contributed by atoms with E-state index < -0.39 is 18.0 Å². The number of benzene rings is 1. The van der Waals surface area contributed by atoms with E-state index in [0.717, 1.165) is 10.0 Å². The van der Waals surface area contributed by atoms with E-state index in [1.54, 1.807) is 0 Å². The fourth-order valence-corrected chi connectivity index (χ4v) is 1.87. The summed E-state index contributed by atoms with van der Waals surface area (Å²) in [6, 6.07) is 5.72. The molecule has 1 aromatic carbocycles. The summed E-state index contributed by atoms with van der Waals surface area (Å²) in [5.41, 5.74) is 0.888. The van der Waals surface area contributed by atoms with E-state index in [2.05, 4.69) is 26.6 Å². The van der Waals surface area contributed by atoms with Gasteiger partial charge in [-0.05, 0) is 17.7 Å². The van der Waals surface area contributed by atoms with Crippen molar-refractivity contribution in [2.45, 2.75) is 19.0 Å². The van der Waals surface area contributed by atoms with Crippen molar-refractivity contribution in [3.8, 4) is 0 Å². The van der Waals surface area contributed by atoms with E-state index in [-0.39, 0.29) is 19.6 Å². The second-order valence-electron chi connectivity index (χ2n) is 3.86. The lowest BCUT2D eigenvalue weighted by molar-refractivity contribution is -0.139. The summed E-state index contributed by atoms with van der Waals surface area (Å²) in [7, 11) is 0. The van der Waals surface area contributed by atoms with Gasteiger partial charge >= 0.3 is 12.0 Å². The minimum absolute atomic E-state index is 0.0281. The predicted octanol–water partition coefficient (Wildman–Crippen LogP) is 1.08.